The number of rotatable bonds is 4. The topological polar surface area (TPSA) is 101 Å². The largest absolute Gasteiger partial charge is 0.342 e. The van der Waals surface area contributed by atoms with Crippen LogP contribution in [0, 0.1) is 5.92 Å². The Labute approximate surface area is 180 Å². The smallest absolute Gasteiger partial charge is 0.238 e. The van der Waals surface area contributed by atoms with Crippen LogP contribution >= 0.6 is 11.6 Å². The van der Waals surface area contributed by atoms with Crippen LogP contribution in [0.4, 0.5) is 5.69 Å². The Hall–Kier alpha value is -2.42. The summed E-state index contributed by atoms with van der Waals surface area (Å²) in [4.78, 5) is 29.6. The van der Waals surface area contributed by atoms with Gasteiger partial charge in [0.2, 0.25) is 21.8 Å². The van der Waals surface area contributed by atoms with E-state index < -0.39 is 22.0 Å². The minimum absolute atomic E-state index is 0.0237. The first kappa shape index (κ1) is 20.8. The molecule has 2 amide bonds. The van der Waals surface area contributed by atoms with Crippen LogP contribution in [0.1, 0.15) is 30.9 Å². The molecule has 2 fully saturated rings. The quantitative estimate of drug-likeness (QED) is 0.778. The van der Waals surface area contributed by atoms with Gasteiger partial charge in [-0.2, -0.15) is 0 Å². The summed E-state index contributed by atoms with van der Waals surface area (Å²) in [6, 6.07) is 12.4. The van der Waals surface area contributed by atoms with Gasteiger partial charge in [-0.05, 0) is 54.8 Å². The first-order valence-corrected chi connectivity index (χ1v) is 11.7. The van der Waals surface area contributed by atoms with Gasteiger partial charge in [-0.3, -0.25) is 9.59 Å². The number of amides is 2. The molecule has 2 atom stereocenters. The van der Waals surface area contributed by atoms with E-state index in [0.717, 1.165) is 18.4 Å². The number of sulfonamides is 1. The maximum absolute atomic E-state index is 13.2. The highest BCUT2D eigenvalue weighted by molar-refractivity contribution is 7.89. The molecule has 2 heterocycles. The number of nitrogens with two attached hydrogens (primary N) is 1. The molecule has 2 aromatic carbocycles. The molecule has 0 aliphatic carbocycles. The summed E-state index contributed by atoms with van der Waals surface area (Å²) >= 11 is 6.04. The van der Waals surface area contributed by atoms with Crippen molar-refractivity contribution in [2.45, 2.75) is 30.2 Å². The third-order valence-corrected chi connectivity index (χ3v) is 6.89. The van der Waals surface area contributed by atoms with E-state index in [-0.39, 0.29) is 23.1 Å². The minimum atomic E-state index is -3.84. The van der Waals surface area contributed by atoms with Gasteiger partial charge in [0.1, 0.15) is 0 Å². The standard InChI is InChI=1S/C21H22ClN3O4S/c22-15-5-3-14(4-6-15)20-18(21(27)24-11-1-2-12-24)13-19(26)25(20)16-7-9-17(10-8-16)30(23,28)29/h3-10,18,20H,1-2,11-13H2,(H2,23,28,29)/t18-,20+/m0/s1. The lowest BCUT2D eigenvalue weighted by Gasteiger charge is -2.30. The monoisotopic (exact) mass is 447 g/mol. The Morgan fingerprint density at radius 3 is 2.17 bits per heavy atom. The Morgan fingerprint density at radius 2 is 1.60 bits per heavy atom. The van der Waals surface area contributed by atoms with Crippen molar-refractivity contribution in [2.75, 3.05) is 18.0 Å². The Bertz CT molecular complexity index is 1060. The molecule has 158 valence electrons. The van der Waals surface area contributed by atoms with Crippen molar-refractivity contribution >= 4 is 39.1 Å². The summed E-state index contributed by atoms with van der Waals surface area (Å²) in [5.41, 5.74) is 1.32. The number of hydrogen-bond donors (Lipinski definition) is 1. The molecule has 2 aromatic rings. The lowest BCUT2D eigenvalue weighted by Crippen LogP contribution is -2.37. The predicted molar refractivity (Wildman–Crippen MR) is 113 cm³/mol. The fourth-order valence-corrected chi connectivity index (χ4v) is 4.91. The number of likely N-dealkylation sites (tertiary alicyclic amines) is 1. The van der Waals surface area contributed by atoms with Gasteiger partial charge in [0.05, 0.1) is 16.9 Å². The summed E-state index contributed by atoms with van der Waals surface area (Å²) < 4.78 is 23.1. The molecular formula is C21H22ClN3O4S. The number of primary sulfonamides is 1. The average molecular weight is 448 g/mol. The van der Waals surface area contributed by atoms with Crippen molar-refractivity contribution in [3.8, 4) is 0 Å². The molecule has 0 aromatic heterocycles. The Kier molecular flexibility index (Phi) is 5.57. The lowest BCUT2D eigenvalue weighted by atomic mass is 9.92. The Morgan fingerprint density at radius 1 is 1.00 bits per heavy atom. The molecule has 2 aliphatic heterocycles. The van der Waals surface area contributed by atoms with E-state index in [9.17, 15) is 18.0 Å². The molecule has 30 heavy (non-hydrogen) atoms. The maximum atomic E-state index is 13.2. The maximum Gasteiger partial charge on any atom is 0.238 e. The molecule has 0 bridgehead atoms. The molecule has 0 saturated carbocycles. The molecule has 2 N–H and O–H groups in total. The molecular weight excluding hydrogens is 426 g/mol. The molecule has 0 radical (unpaired) electrons. The van der Waals surface area contributed by atoms with Crippen molar-refractivity contribution in [3.63, 3.8) is 0 Å². The van der Waals surface area contributed by atoms with Crippen LogP contribution in [0.25, 0.3) is 0 Å². The van der Waals surface area contributed by atoms with Crippen molar-refractivity contribution in [1.29, 1.82) is 0 Å². The number of carbonyl (C=O) groups excluding carboxylic acids is 2. The SMILES string of the molecule is NS(=O)(=O)c1ccc(N2C(=O)C[C@H](C(=O)N3CCCC3)[C@H]2c2ccc(Cl)cc2)cc1. The molecule has 0 unspecified atom stereocenters. The zero-order chi connectivity index (χ0) is 21.5. The highest BCUT2D eigenvalue weighted by Crippen LogP contribution is 2.43. The van der Waals surface area contributed by atoms with E-state index >= 15 is 0 Å². The Balaban J connectivity index is 1.74. The summed E-state index contributed by atoms with van der Waals surface area (Å²) in [5.74, 6) is -0.727. The summed E-state index contributed by atoms with van der Waals surface area (Å²) in [7, 11) is -3.84. The first-order chi connectivity index (χ1) is 14.3. The van der Waals surface area contributed by atoms with Crippen molar-refractivity contribution in [2.24, 2.45) is 11.1 Å². The third kappa shape index (κ3) is 3.95. The van der Waals surface area contributed by atoms with Gasteiger partial charge in [0.25, 0.3) is 0 Å². The van der Waals surface area contributed by atoms with Crippen molar-refractivity contribution < 1.29 is 18.0 Å². The predicted octanol–water partition coefficient (Wildman–Crippen LogP) is 2.70. The summed E-state index contributed by atoms with van der Waals surface area (Å²) in [6.07, 6.45) is 2.03. The zero-order valence-corrected chi connectivity index (χ0v) is 17.8. The van der Waals surface area contributed by atoms with Crippen LogP contribution < -0.4 is 10.0 Å². The molecule has 2 aliphatic rings. The van der Waals surface area contributed by atoms with Gasteiger partial charge in [-0.15, -0.1) is 0 Å². The second-order valence-electron chi connectivity index (χ2n) is 7.64. The van der Waals surface area contributed by atoms with Gasteiger partial charge >= 0.3 is 0 Å². The number of halogens is 1. The molecule has 2 saturated heterocycles. The van der Waals surface area contributed by atoms with E-state index in [1.807, 2.05) is 17.0 Å². The average Bonchev–Trinajstić information content (AvgIpc) is 3.36. The fourth-order valence-electron chi connectivity index (χ4n) is 4.27. The van der Waals surface area contributed by atoms with Crippen LogP contribution in [0.3, 0.4) is 0 Å². The van der Waals surface area contributed by atoms with E-state index in [1.54, 1.807) is 29.2 Å². The summed E-state index contributed by atoms with van der Waals surface area (Å²) in [6.45, 7) is 1.42. The first-order valence-electron chi connectivity index (χ1n) is 9.75. The van der Waals surface area contributed by atoms with Crippen LogP contribution in [0.15, 0.2) is 53.4 Å². The summed E-state index contributed by atoms with van der Waals surface area (Å²) in [5, 5.41) is 5.75. The highest BCUT2D eigenvalue weighted by Gasteiger charge is 2.46. The van der Waals surface area contributed by atoms with E-state index in [2.05, 4.69) is 0 Å². The number of anilines is 1. The van der Waals surface area contributed by atoms with Gasteiger partial charge in [0, 0.05) is 30.2 Å². The normalized spacial score (nSPS) is 22.0. The third-order valence-electron chi connectivity index (χ3n) is 5.71. The highest BCUT2D eigenvalue weighted by atomic mass is 35.5. The number of nitrogens with zero attached hydrogens (tertiary/aromatic N) is 2. The fraction of sp³-hybridized carbons (Fsp3) is 0.333. The second-order valence-corrected chi connectivity index (χ2v) is 9.64. The van der Waals surface area contributed by atoms with Crippen molar-refractivity contribution in [3.05, 3.63) is 59.1 Å². The van der Waals surface area contributed by atoms with Gasteiger partial charge < -0.3 is 9.80 Å². The molecule has 0 spiro atoms. The zero-order valence-electron chi connectivity index (χ0n) is 16.2. The van der Waals surface area contributed by atoms with Crippen LogP contribution in [0.2, 0.25) is 5.02 Å². The lowest BCUT2D eigenvalue weighted by molar-refractivity contribution is -0.135. The van der Waals surface area contributed by atoms with E-state index in [1.165, 1.54) is 12.1 Å². The number of benzene rings is 2. The van der Waals surface area contributed by atoms with E-state index in [0.29, 0.717) is 23.8 Å². The molecule has 9 heteroatoms. The van der Waals surface area contributed by atoms with E-state index in [4.69, 9.17) is 16.7 Å². The van der Waals surface area contributed by atoms with Crippen molar-refractivity contribution in [1.82, 2.24) is 4.90 Å². The number of hydrogen-bond acceptors (Lipinski definition) is 4. The van der Waals surface area contributed by atoms with Gasteiger partial charge in [0.15, 0.2) is 0 Å². The van der Waals surface area contributed by atoms with Gasteiger partial charge in [-0.25, -0.2) is 13.6 Å². The molecule has 4 rings (SSSR count). The minimum Gasteiger partial charge on any atom is -0.342 e. The van der Waals surface area contributed by atoms with Crippen LogP contribution in [0.5, 0.6) is 0 Å². The second kappa shape index (κ2) is 8.02. The van der Waals surface area contributed by atoms with Crippen LogP contribution in [-0.4, -0.2) is 38.2 Å². The van der Waals surface area contributed by atoms with Crippen LogP contribution in [-0.2, 0) is 19.6 Å². The molecule has 7 nitrogen and oxygen atoms in total. The van der Waals surface area contributed by atoms with Gasteiger partial charge in [-0.1, -0.05) is 23.7 Å². The number of carbonyl (C=O) groups is 2.